The van der Waals surface area contributed by atoms with E-state index in [1.807, 2.05) is 18.2 Å². The topological polar surface area (TPSA) is 76.8 Å². The summed E-state index contributed by atoms with van der Waals surface area (Å²) >= 11 is 0. The first-order chi connectivity index (χ1) is 13.5. The van der Waals surface area contributed by atoms with Crippen LogP contribution in [0.1, 0.15) is 50.4 Å². The van der Waals surface area contributed by atoms with Crippen LogP contribution in [0.15, 0.2) is 47.1 Å². The van der Waals surface area contributed by atoms with E-state index in [2.05, 4.69) is 0 Å². The smallest absolute Gasteiger partial charge is 0.308 e. The fourth-order valence-corrected chi connectivity index (χ4v) is 4.05. The molecule has 1 aliphatic carbocycles. The summed E-state index contributed by atoms with van der Waals surface area (Å²) in [6.45, 7) is 2.30. The van der Waals surface area contributed by atoms with Gasteiger partial charge in [0.15, 0.2) is 0 Å². The zero-order valence-corrected chi connectivity index (χ0v) is 17.0. The Kier molecular flexibility index (Phi) is 6.78. The van der Waals surface area contributed by atoms with Crippen LogP contribution in [0.4, 0.5) is 0 Å². The lowest BCUT2D eigenvalue weighted by Gasteiger charge is -2.29. The highest BCUT2D eigenvalue weighted by atomic mass is 32.2. The molecule has 0 aliphatic heterocycles. The Labute approximate surface area is 166 Å². The van der Waals surface area contributed by atoms with Crippen molar-refractivity contribution in [2.24, 2.45) is 5.92 Å². The van der Waals surface area contributed by atoms with Gasteiger partial charge in [-0.05, 0) is 49.6 Å². The molecule has 0 spiro atoms. The van der Waals surface area contributed by atoms with E-state index in [0.29, 0.717) is 13.1 Å². The average molecular weight is 406 g/mol. The van der Waals surface area contributed by atoms with E-state index in [1.54, 1.807) is 29.4 Å². The normalized spacial score (nSPS) is 15.3. The molecule has 1 aromatic heterocycles. The number of hydrogen-bond acceptors (Lipinski definition) is 5. The molecule has 1 heterocycles. The van der Waals surface area contributed by atoms with Gasteiger partial charge in [-0.3, -0.25) is 4.79 Å². The summed E-state index contributed by atoms with van der Waals surface area (Å²) in [5, 5.41) is 0. The highest BCUT2D eigenvalue weighted by Gasteiger charge is 2.27. The predicted octanol–water partition coefficient (Wildman–Crippen LogP) is 4.12. The van der Waals surface area contributed by atoms with Gasteiger partial charge in [-0.1, -0.05) is 31.4 Å². The van der Waals surface area contributed by atoms with E-state index in [4.69, 9.17) is 8.60 Å². The molecule has 28 heavy (non-hydrogen) atoms. The van der Waals surface area contributed by atoms with Gasteiger partial charge in [-0.2, -0.15) is 8.42 Å². The molecule has 1 aliphatic rings. The van der Waals surface area contributed by atoms with E-state index in [9.17, 15) is 13.2 Å². The van der Waals surface area contributed by atoms with Crippen molar-refractivity contribution in [3.8, 4) is 5.75 Å². The molecule has 7 heteroatoms. The van der Waals surface area contributed by atoms with E-state index < -0.39 is 10.1 Å². The number of hydrogen-bond donors (Lipinski definition) is 0. The molecular weight excluding hydrogens is 378 g/mol. The first-order valence-corrected chi connectivity index (χ1v) is 11.4. The molecule has 152 valence electrons. The van der Waals surface area contributed by atoms with Crippen LogP contribution in [0.25, 0.3) is 0 Å². The molecule has 0 unspecified atom stereocenters. The van der Waals surface area contributed by atoms with E-state index in [1.165, 1.54) is 13.3 Å². The second-order valence-electron chi connectivity index (χ2n) is 7.19. The molecule has 1 fully saturated rings. The van der Waals surface area contributed by atoms with Crippen molar-refractivity contribution in [2.45, 2.75) is 52.1 Å². The first kappa shape index (κ1) is 20.5. The van der Waals surface area contributed by atoms with Crippen molar-refractivity contribution < 1.29 is 21.8 Å². The van der Waals surface area contributed by atoms with Crippen LogP contribution in [-0.2, 0) is 28.0 Å². The van der Waals surface area contributed by atoms with Gasteiger partial charge in [0.2, 0.25) is 5.91 Å². The quantitative estimate of drug-likeness (QED) is 0.618. The third-order valence-corrected chi connectivity index (χ3v) is 6.20. The number of benzene rings is 1. The molecule has 0 N–H and O–H groups in total. The molecule has 1 saturated carbocycles. The van der Waals surface area contributed by atoms with E-state index in [-0.39, 0.29) is 23.3 Å². The summed E-state index contributed by atoms with van der Waals surface area (Å²) in [7, 11) is -3.59. The van der Waals surface area contributed by atoms with Crippen LogP contribution in [0.3, 0.4) is 0 Å². The number of furan rings is 1. The summed E-state index contributed by atoms with van der Waals surface area (Å²) in [6, 6.07) is 10.6. The summed E-state index contributed by atoms with van der Waals surface area (Å²) in [5.41, 5.74) is 0.819. The van der Waals surface area contributed by atoms with Gasteiger partial charge < -0.3 is 13.5 Å². The zero-order valence-electron chi connectivity index (χ0n) is 16.2. The molecular formula is C21H27NO5S. The lowest BCUT2D eigenvalue weighted by atomic mass is 9.88. The Morgan fingerprint density at radius 1 is 1.14 bits per heavy atom. The second-order valence-corrected chi connectivity index (χ2v) is 9.05. The van der Waals surface area contributed by atoms with Crippen LogP contribution < -0.4 is 4.18 Å². The number of carbonyl (C=O) groups excluding carboxylic acids is 1. The van der Waals surface area contributed by atoms with E-state index in [0.717, 1.165) is 37.0 Å². The maximum atomic E-state index is 13.1. The number of carbonyl (C=O) groups is 1. The Balaban J connectivity index is 1.77. The molecule has 1 amide bonds. The minimum absolute atomic E-state index is 0.0450. The van der Waals surface area contributed by atoms with Gasteiger partial charge in [0.05, 0.1) is 18.6 Å². The van der Waals surface area contributed by atoms with Crippen molar-refractivity contribution in [3.63, 3.8) is 0 Å². The minimum Gasteiger partial charge on any atom is -0.467 e. The van der Waals surface area contributed by atoms with Crippen LogP contribution in [0.2, 0.25) is 0 Å². The minimum atomic E-state index is -3.59. The van der Waals surface area contributed by atoms with Gasteiger partial charge in [-0.25, -0.2) is 0 Å². The van der Waals surface area contributed by atoms with Crippen molar-refractivity contribution in [1.82, 2.24) is 4.90 Å². The summed E-state index contributed by atoms with van der Waals surface area (Å²) in [4.78, 5) is 14.9. The summed E-state index contributed by atoms with van der Waals surface area (Å²) in [6.07, 6.45) is 6.80. The Bertz CT molecular complexity index is 870. The zero-order chi connectivity index (χ0) is 20.0. The number of rotatable bonds is 8. The Morgan fingerprint density at radius 2 is 1.93 bits per heavy atom. The molecule has 3 rings (SSSR count). The second kappa shape index (κ2) is 9.28. The van der Waals surface area contributed by atoms with Crippen molar-refractivity contribution in [2.75, 3.05) is 5.75 Å². The average Bonchev–Trinajstić information content (AvgIpc) is 3.21. The highest BCUT2D eigenvalue weighted by molar-refractivity contribution is 7.87. The van der Waals surface area contributed by atoms with Crippen LogP contribution in [-0.4, -0.2) is 25.0 Å². The Morgan fingerprint density at radius 3 is 2.61 bits per heavy atom. The fourth-order valence-electron chi connectivity index (χ4n) is 3.53. The van der Waals surface area contributed by atoms with Gasteiger partial charge in [0, 0.05) is 12.5 Å². The van der Waals surface area contributed by atoms with Crippen molar-refractivity contribution in [1.29, 1.82) is 0 Å². The van der Waals surface area contributed by atoms with Crippen molar-refractivity contribution >= 4 is 16.0 Å². The molecule has 2 aromatic rings. The lowest BCUT2D eigenvalue weighted by molar-refractivity contribution is -0.138. The van der Waals surface area contributed by atoms with Gasteiger partial charge in [0.1, 0.15) is 11.5 Å². The van der Waals surface area contributed by atoms with Crippen LogP contribution in [0, 0.1) is 5.92 Å². The van der Waals surface area contributed by atoms with Gasteiger partial charge in [-0.15, -0.1) is 0 Å². The van der Waals surface area contributed by atoms with Crippen LogP contribution in [0.5, 0.6) is 5.75 Å². The maximum absolute atomic E-state index is 13.1. The van der Waals surface area contributed by atoms with Gasteiger partial charge >= 0.3 is 10.1 Å². The predicted molar refractivity (Wildman–Crippen MR) is 106 cm³/mol. The number of nitrogens with zero attached hydrogens (tertiary/aromatic N) is 1. The molecule has 0 saturated heterocycles. The Hall–Kier alpha value is -2.28. The number of amides is 1. The third kappa shape index (κ3) is 5.61. The monoisotopic (exact) mass is 405 g/mol. The molecule has 6 nitrogen and oxygen atoms in total. The lowest BCUT2D eigenvalue weighted by Crippen LogP contribution is -2.36. The van der Waals surface area contributed by atoms with Gasteiger partial charge in [0.25, 0.3) is 0 Å². The SMILES string of the molecule is CCS(=O)(=O)Oc1cccc(CN(Cc2ccco2)C(=O)C2CCCCC2)c1. The van der Waals surface area contributed by atoms with E-state index >= 15 is 0 Å². The largest absolute Gasteiger partial charge is 0.467 e. The first-order valence-electron chi connectivity index (χ1n) is 9.79. The standard InChI is InChI=1S/C21H27NO5S/c1-2-28(24,25)27-19-11-6-8-17(14-19)15-22(16-20-12-7-13-26-20)21(23)18-9-4-3-5-10-18/h6-8,11-14,18H,2-5,9-10,15-16H2,1H3. The maximum Gasteiger partial charge on any atom is 0.308 e. The molecule has 1 aromatic carbocycles. The van der Waals surface area contributed by atoms with Crippen LogP contribution >= 0.6 is 0 Å². The highest BCUT2D eigenvalue weighted by Crippen LogP contribution is 2.27. The molecule has 0 atom stereocenters. The fraction of sp³-hybridized carbons (Fsp3) is 0.476. The third-order valence-electron chi connectivity index (χ3n) is 5.04. The summed E-state index contributed by atoms with van der Waals surface area (Å²) < 4.78 is 34.0. The molecule has 0 bridgehead atoms. The van der Waals surface area contributed by atoms with Crippen molar-refractivity contribution in [3.05, 3.63) is 54.0 Å². The molecule has 0 radical (unpaired) electrons. The summed E-state index contributed by atoms with van der Waals surface area (Å²) in [5.74, 6) is 1.07.